The molecule has 0 saturated heterocycles. The molecule has 0 aromatic heterocycles. The van der Waals surface area contributed by atoms with Crippen LogP contribution in [0.5, 0.6) is 0 Å². The molecule has 0 aliphatic rings. The van der Waals surface area contributed by atoms with Crippen LogP contribution >= 0.6 is 0 Å². The molecule has 32 heavy (non-hydrogen) atoms. The van der Waals surface area contributed by atoms with Crippen LogP contribution in [0.25, 0.3) is 0 Å². The Morgan fingerprint density at radius 2 is 0.781 bits per heavy atom. The third-order valence-corrected chi connectivity index (χ3v) is 7.71. The number of hydrogen-bond acceptors (Lipinski definition) is 5. The lowest BCUT2D eigenvalue weighted by molar-refractivity contribution is -0.360. The number of benzene rings is 1. The second-order valence-corrected chi connectivity index (χ2v) is 9.06. The number of rotatable bonds is 4. The van der Waals surface area contributed by atoms with Crippen LogP contribution in [-0.4, -0.2) is 43.7 Å². The van der Waals surface area contributed by atoms with Crippen LogP contribution in [0.3, 0.4) is 0 Å². The first-order chi connectivity index (χ1) is 13.8. The van der Waals surface area contributed by atoms with Crippen LogP contribution in [-0.2, 0) is 20.0 Å². The van der Waals surface area contributed by atoms with Gasteiger partial charge >= 0.3 is 43.3 Å². The van der Waals surface area contributed by atoms with Crippen molar-refractivity contribution in [3.63, 3.8) is 0 Å². The average molecular weight is 544 g/mol. The lowest BCUT2D eigenvalue weighted by atomic mass is 10.1. The van der Waals surface area contributed by atoms with Crippen molar-refractivity contribution < 1.29 is 81.9 Å². The largest absolute Gasteiger partial charge is 0.462 e. The number of sulfonamides is 2. The van der Waals surface area contributed by atoms with E-state index in [4.69, 9.17) is 0 Å². The molecule has 0 N–H and O–H groups in total. The van der Waals surface area contributed by atoms with Gasteiger partial charge < -0.3 is 0 Å². The normalized spacial score (nSPS) is 14.6. The maximum atomic E-state index is 13.5. The summed E-state index contributed by atoms with van der Waals surface area (Å²) in [5.41, 5.74) is 0. The quantitative estimate of drug-likeness (QED) is 0.250. The number of nitrogens with zero attached hydrogens (tertiary/aromatic N) is 1. The molecular weight excluding hydrogens is 544 g/mol. The third kappa shape index (κ3) is 3.46. The van der Waals surface area contributed by atoms with Gasteiger partial charge in [-0.05, 0) is 0 Å². The summed E-state index contributed by atoms with van der Waals surface area (Å²) in [6.45, 7) is 0. The summed E-state index contributed by atoms with van der Waals surface area (Å²) in [6.07, 6.45) is -24.3. The third-order valence-electron chi connectivity index (χ3n) is 3.40. The Labute approximate surface area is 165 Å². The summed E-state index contributed by atoms with van der Waals surface area (Å²) >= 11 is 0. The number of nitroso groups, excluding NO2 is 1. The molecule has 0 aliphatic heterocycles. The minimum absolute atomic E-state index is 3.20. The Bertz CT molecular complexity index is 1110. The van der Waals surface area contributed by atoms with Gasteiger partial charge in [-0.15, -0.1) is 0 Å². The molecule has 0 amide bonds. The number of halogens is 14. The highest BCUT2D eigenvalue weighted by Crippen LogP contribution is 2.58. The summed E-state index contributed by atoms with van der Waals surface area (Å²) in [6, 6.07) is 0. The molecule has 0 bridgehead atoms. The van der Waals surface area contributed by atoms with Crippen LogP contribution in [0.1, 0.15) is 0 Å². The molecule has 0 heterocycles. The molecular formula is C10F14NO5S2+. The molecule has 0 aliphatic carbocycles. The van der Waals surface area contributed by atoms with E-state index in [0.29, 0.717) is 0 Å². The van der Waals surface area contributed by atoms with Crippen molar-refractivity contribution in [1.29, 1.82) is 0 Å². The van der Waals surface area contributed by atoms with Gasteiger partial charge in [0.15, 0.2) is 23.3 Å². The molecule has 0 spiro atoms. The molecule has 184 valence electrons. The Kier molecular flexibility index (Phi) is 6.41. The smallest absolute Gasteiger partial charge is 0.202 e. The van der Waals surface area contributed by atoms with E-state index in [1.54, 1.807) is 0 Å². The Morgan fingerprint density at radius 3 is 1.03 bits per heavy atom. The highest BCUT2D eigenvalue weighted by Gasteiger charge is 2.96. The van der Waals surface area contributed by atoms with E-state index in [1.165, 1.54) is 0 Å². The highest BCUT2D eigenvalue weighted by atomic mass is 32.3. The van der Waals surface area contributed by atoms with Crippen molar-refractivity contribution in [2.24, 2.45) is 0 Å². The summed E-state index contributed by atoms with van der Waals surface area (Å²) in [7, 11) is -16.8. The van der Waals surface area contributed by atoms with Crippen LogP contribution in [0.4, 0.5) is 61.5 Å². The molecule has 0 radical (unpaired) electrons. The first kappa shape index (κ1) is 27.8. The Morgan fingerprint density at radius 1 is 0.531 bits per heavy atom. The first-order valence-electron chi connectivity index (χ1n) is 6.52. The van der Waals surface area contributed by atoms with Gasteiger partial charge in [0, 0.05) is 0 Å². The maximum absolute atomic E-state index is 13.5. The van der Waals surface area contributed by atoms with Crippen LogP contribution < -0.4 is 0 Å². The second-order valence-electron chi connectivity index (χ2n) is 5.25. The summed E-state index contributed by atoms with van der Waals surface area (Å²) < 4.78 is 216. The minimum Gasteiger partial charge on any atom is -0.202 e. The fourth-order valence-corrected chi connectivity index (χ4v) is 5.52. The number of hydrogen-bond donors (Lipinski definition) is 0. The van der Waals surface area contributed by atoms with Crippen molar-refractivity contribution in [3.8, 4) is 0 Å². The monoisotopic (exact) mass is 544 g/mol. The minimum atomic E-state index is -8.97. The van der Waals surface area contributed by atoms with Gasteiger partial charge in [-0.25, -0.2) is 22.0 Å². The first-order valence-corrected chi connectivity index (χ1v) is 9.40. The standard InChI is InChI=1S/C10F14NO5S2/c11-1-2(12)4(14)6(5(15)3(1)13)31(27,28)25(26)32(29,30)7(8(16,17)18,9(19,20)21)10(22,23)24/q+1. The molecule has 0 fully saturated rings. The van der Waals surface area contributed by atoms with E-state index in [9.17, 15) is 83.2 Å². The molecule has 6 nitrogen and oxygen atoms in total. The fourth-order valence-electron chi connectivity index (χ4n) is 2.05. The van der Waals surface area contributed by atoms with Crippen molar-refractivity contribution in [3.05, 3.63) is 34.0 Å². The van der Waals surface area contributed by atoms with Crippen molar-refractivity contribution in [2.45, 2.75) is 28.2 Å². The van der Waals surface area contributed by atoms with E-state index >= 15 is 0 Å². The van der Waals surface area contributed by atoms with Crippen molar-refractivity contribution in [1.82, 2.24) is 0 Å². The molecule has 0 atom stereocenters. The lowest BCUT2D eigenvalue weighted by Crippen LogP contribution is -2.72. The molecule has 1 aromatic carbocycles. The van der Waals surface area contributed by atoms with Crippen LogP contribution in [0, 0.1) is 34.0 Å². The zero-order valence-corrected chi connectivity index (χ0v) is 15.2. The predicted molar refractivity (Wildman–Crippen MR) is 66.9 cm³/mol. The van der Waals surface area contributed by atoms with Crippen molar-refractivity contribution >= 4 is 20.0 Å². The van der Waals surface area contributed by atoms with Gasteiger partial charge in [0.1, 0.15) is 0 Å². The van der Waals surface area contributed by atoms with Gasteiger partial charge in [-0.1, -0.05) is 0 Å². The number of alkyl halides is 9. The topological polar surface area (TPSA) is 88.4 Å². The molecule has 1 aromatic rings. The molecule has 0 unspecified atom stereocenters. The van der Waals surface area contributed by atoms with Crippen LogP contribution in [0.15, 0.2) is 4.90 Å². The molecule has 0 saturated carbocycles. The zero-order valence-electron chi connectivity index (χ0n) is 13.6. The zero-order chi connectivity index (χ0) is 26.0. The summed E-state index contributed by atoms with van der Waals surface area (Å²) in [5, 5.41) is 0. The van der Waals surface area contributed by atoms with E-state index in [1.807, 2.05) is 0 Å². The van der Waals surface area contributed by atoms with Gasteiger partial charge in [0.2, 0.25) is 14.3 Å². The van der Waals surface area contributed by atoms with Crippen molar-refractivity contribution in [2.75, 3.05) is 0 Å². The summed E-state index contributed by atoms with van der Waals surface area (Å²) in [4.78, 5) is 7.81. The fraction of sp³-hybridized carbons (Fsp3) is 0.400. The van der Waals surface area contributed by atoms with Gasteiger partial charge in [-0.3, -0.25) is 0 Å². The van der Waals surface area contributed by atoms with E-state index in [2.05, 4.69) is 0 Å². The SMILES string of the molecule is O=[N+](S(=O)(=O)c1c(F)c(F)c(F)c(F)c1F)S(=O)(=O)C(C(F)(F)F)(C(F)(F)F)C(F)(F)F. The lowest BCUT2D eigenvalue weighted by Gasteiger charge is -2.33. The molecule has 1 rings (SSSR count). The van der Waals surface area contributed by atoms with E-state index < -0.39 is 80.9 Å². The van der Waals surface area contributed by atoms with Gasteiger partial charge in [0.25, 0.3) is 0 Å². The average Bonchev–Trinajstić information content (AvgIpc) is 2.53. The predicted octanol–water partition coefficient (Wildman–Crippen LogP) is 3.61. The van der Waals surface area contributed by atoms with Gasteiger partial charge in [0.05, 0.1) is 4.91 Å². The highest BCUT2D eigenvalue weighted by molar-refractivity contribution is 7.98. The molecule has 22 heteroatoms. The van der Waals surface area contributed by atoms with Gasteiger partial charge in [-0.2, -0.15) is 56.3 Å². The summed E-state index contributed by atoms with van der Waals surface area (Å²) in [5.74, 6) is -17.2. The second kappa shape index (κ2) is 7.38. The Balaban J connectivity index is 4.20. The maximum Gasteiger partial charge on any atom is 0.462 e. The van der Waals surface area contributed by atoms with E-state index in [0.717, 1.165) is 0 Å². The van der Waals surface area contributed by atoms with E-state index in [-0.39, 0.29) is 0 Å². The van der Waals surface area contributed by atoms with Crippen LogP contribution in [0.2, 0.25) is 0 Å². The Hall–Kier alpha value is -2.26.